The normalized spacial score (nSPS) is 32.0. The molecule has 0 bridgehead atoms. The fraction of sp³-hybridized carbons (Fsp3) is 0.524. The van der Waals surface area contributed by atoms with E-state index in [0.29, 0.717) is 48.7 Å². The second-order valence-electron chi connectivity index (χ2n) is 8.39. The van der Waals surface area contributed by atoms with Crippen LogP contribution in [0.2, 0.25) is 5.15 Å². The van der Waals surface area contributed by atoms with Crippen LogP contribution in [-0.4, -0.2) is 40.1 Å². The molecule has 1 amide bonds. The molecular weight excluding hydrogens is 416 g/mol. The number of nitrogens with zero attached hydrogens (tertiary/aromatic N) is 2. The maximum absolute atomic E-state index is 15.2. The van der Waals surface area contributed by atoms with Gasteiger partial charge in [0, 0.05) is 24.1 Å². The average molecular weight is 438 g/mol. The van der Waals surface area contributed by atoms with Crippen molar-refractivity contribution in [2.45, 2.75) is 43.7 Å². The molecule has 3 heterocycles. The number of anilines is 1. The van der Waals surface area contributed by atoms with Gasteiger partial charge in [0.1, 0.15) is 22.3 Å². The third-order valence-electron chi connectivity index (χ3n) is 6.71. The van der Waals surface area contributed by atoms with Gasteiger partial charge in [-0.2, -0.15) is 0 Å². The number of likely N-dealkylation sites (tertiary alicyclic amines) is 1. The zero-order valence-electron chi connectivity index (χ0n) is 15.8. The first-order valence-corrected chi connectivity index (χ1v) is 10.8. The Morgan fingerprint density at radius 1 is 1.34 bits per heavy atom. The predicted octanol–water partition coefficient (Wildman–Crippen LogP) is 4.12. The van der Waals surface area contributed by atoms with Crippen molar-refractivity contribution in [3.05, 3.63) is 45.4 Å². The number of pyridine rings is 1. The van der Waals surface area contributed by atoms with E-state index in [9.17, 15) is 9.90 Å². The molecule has 2 aliphatic heterocycles. The zero-order chi connectivity index (χ0) is 20.3. The smallest absolute Gasteiger partial charge is 0.251 e. The lowest BCUT2D eigenvalue weighted by molar-refractivity contribution is -0.129. The quantitative estimate of drug-likeness (QED) is 0.695. The van der Waals surface area contributed by atoms with E-state index >= 15 is 4.39 Å². The SMILES string of the molecule is O=C1Nc2nc(Cl)ccc2[C@@]12[C@@H](C1=CCCC(Cl)=C1F)C[C@H](CO)N2CC1CC1. The van der Waals surface area contributed by atoms with Crippen LogP contribution in [0, 0.1) is 11.8 Å². The van der Waals surface area contributed by atoms with E-state index in [1.54, 1.807) is 6.07 Å². The summed E-state index contributed by atoms with van der Waals surface area (Å²) in [5, 5.41) is 13.5. The van der Waals surface area contributed by atoms with E-state index in [2.05, 4.69) is 15.2 Å². The molecule has 5 rings (SSSR count). The summed E-state index contributed by atoms with van der Waals surface area (Å²) < 4.78 is 15.2. The fourth-order valence-corrected chi connectivity index (χ4v) is 5.62. The highest BCUT2D eigenvalue weighted by molar-refractivity contribution is 6.30. The Morgan fingerprint density at radius 3 is 2.86 bits per heavy atom. The molecule has 2 aliphatic carbocycles. The lowest BCUT2D eigenvalue weighted by Gasteiger charge is -2.40. The number of carbonyl (C=O) groups is 1. The van der Waals surface area contributed by atoms with Crippen molar-refractivity contribution in [2.24, 2.45) is 11.8 Å². The maximum atomic E-state index is 15.2. The van der Waals surface area contributed by atoms with Crippen molar-refractivity contribution in [3.63, 3.8) is 0 Å². The van der Waals surface area contributed by atoms with Crippen LogP contribution < -0.4 is 5.32 Å². The van der Waals surface area contributed by atoms with Crippen molar-refractivity contribution in [3.8, 4) is 0 Å². The summed E-state index contributed by atoms with van der Waals surface area (Å²) in [4.78, 5) is 20.0. The van der Waals surface area contributed by atoms with Crippen molar-refractivity contribution < 1.29 is 14.3 Å². The summed E-state index contributed by atoms with van der Waals surface area (Å²) in [6, 6.07) is 3.22. The van der Waals surface area contributed by atoms with Gasteiger partial charge in [0.25, 0.3) is 5.91 Å². The molecule has 1 saturated carbocycles. The van der Waals surface area contributed by atoms with Gasteiger partial charge in [0.15, 0.2) is 0 Å². The van der Waals surface area contributed by atoms with Gasteiger partial charge >= 0.3 is 0 Å². The molecular formula is C21H22Cl2FN3O2. The highest BCUT2D eigenvalue weighted by Gasteiger charge is 2.64. The van der Waals surface area contributed by atoms with Gasteiger partial charge < -0.3 is 10.4 Å². The number of aliphatic hydroxyl groups is 1. The first kappa shape index (κ1) is 19.5. The number of aromatic nitrogens is 1. The van der Waals surface area contributed by atoms with Crippen molar-refractivity contribution >= 4 is 34.9 Å². The van der Waals surface area contributed by atoms with Crippen LogP contribution in [0.3, 0.4) is 0 Å². The van der Waals surface area contributed by atoms with E-state index in [0.717, 1.165) is 12.8 Å². The van der Waals surface area contributed by atoms with Crippen LogP contribution in [0.25, 0.3) is 0 Å². The molecule has 1 aromatic heterocycles. The number of nitrogens with one attached hydrogen (secondary N) is 1. The molecule has 2 N–H and O–H groups in total. The Balaban J connectivity index is 1.71. The number of allylic oxidation sites excluding steroid dienone is 3. The number of hydrogen-bond donors (Lipinski definition) is 2. The predicted molar refractivity (Wildman–Crippen MR) is 109 cm³/mol. The van der Waals surface area contributed by atoms with E-state index in [-0.39, 0.29) is 28.7 Å². The molecule has 1 aromatic rings. The number of fused-ring (bicyclic) bond motifs is 2. The van der Waals surface area contributed by atoms with Crippen LogP contribution in [0.15, 0.2) is 34.6 Å². The highest BCUT2D eigenvalue weighted by Crippen LogP contribution is 2.57. The molecule has 0 radical (unpaired) electrons. The third-order valence-corrected chi connectivity index (χ3v) is 7.28. The van der Waals surface area contributed by atoms with Gasteiger partial charge in [-0.1, -0.05) is 29.3 Å². The number of carbonyl (C=O) groups excluding carboxylic acids is 1. The second-order valence-corrected chi connectivity index (χ2v) is 9.23. The van der Waals surface area contributed by atoms with Gasteiger partial charge in [0.2, 0.25) is 0 Å². The van der Waals surface area contributed by atoms with E-state index in [1.165, 1.54) is 0 Å². The molecule has 2 fully saturated rings. The number of amides is 1. The Morgan fingerprint density at radius 2 is 2.14 bits per heavy atom. The summed E-state index contributed by atoms with van der Waals surface area (Å²) in [6.07, 6.45) is 5.64. The van der Waals surface area contributed by atoms with E-state index < -0.39 is 17.3 Å². The van der Waals surface area contributed by atoms with E-state index in [1.807, 2.05) is 12.1 Å². The minimum Gasteiger partial charge on any atom is -0.395 e. The van der Waals surface area contributed by atoms with Gasteiger partial charge in [-0.05, 0) is 55.7 Å². The van der Waals surface area contributed by atoms with Crippen LogP contribution in [0.5, 0.6) is 0 Å². The standard InChI is InChI=1S/C21H22Cl2FN3O2/c22-16-3-1-2-13(18(16)24)15-8-12(10-28)27(9-11-4-5-11)21(15)14-6-7-17(23)25-19(14)26-20(21)29/h2,6-7,11-12,15,28H,1,3-5,8-10H2,(H,25,26,29)/t12-,15-,21-/m1/s1. The zero-order valence-corrected chi connectivity index (χ0v) is 17.3. The molecule has 1 spiro atoms. The number of halogens is 3. The highest BCUT2D eigenvalue weighted by atomic mass is 35.5. The van der Waals surface area contributed by atoms with Gasteiger partial charge in [-0.25, -0.2) is 9.37 Å². The lowest BCUT2D eigenvalue weighted by atomic mass is 9.74. The summed E-state index contributed by atoms with van der Waals surface area (Å²) in [5.74, 6) is -0.230. The third kappa shape index (κ3) is 2.87. The van der Waals surface area contributed by atoms with Gasteiger partial charge in [0.05, 0.1) is 11.6 Å². The summed E-state index contributed by atoms with van der Waals surface area (Å²) in [7, 11) is 0. The van der Waals surface area contributed by atoms with Crippen molar-refractivity contribution in [1.29, 1.82) is 0 Å². The van der Waals surface area contributed by atoms with Gasteiger partial charge in [-0.3, -0.25) is 9.69 Å². The average Bonchev–Trinajstić information content (AvgIpc) is 3.39. The molecule has 8 heteroatoms. The molecule has 3 atom stereocenters. The summed E-state index contributed by atoms with van der Waals surface area (Å²) in [6.45, 7) is 0.588. The molecule has 4 aliphatic rings. The Kier molecular flexibility index (Phi) is 4.74. The molecule has 0 aromatic carbocycles. The first-order chi connectivity index (χ1) is 14.0. The molecule has 1 saturated heterocycles. The lowest BCUT2D eigenvalue weighted by Crippen LogP contribution is -2.54. The Bertz CT molecular complexity index is 946. The summed E-state index contributed by atoms with van der Waals surface area (Å²) in [5.41, 5.74) is 0.0421. The number of aliphatic hydroxyl groups excluding tert-OH is 1. The Labute approximate surface area is 178 Å². The topological polar surface area (TPSA) is 65.5 Å². The molecule has 154 valence electrons. The van der Waals surface area contributed by atoms with Crippen LogP contribution in [0.4, 0.5) is 10.2 Å². The minimum absolute atomic E-state index is 0.0963. The Hall–Kier alpha value is -1.47. The summed E-state index contributed by atoms with van der Waals surface area (Å²) >= 11 is 12.2. The monoisotopic (exact) mass is 437 g/mol. The van der Waals surface area contributed by atoms with Crippen molar-refractivity contribution in [2.75, 3.05) is 18.5 Å². The largest absolute Gasteiger partial charge is 0.395 e. The number of hydrogen-bond acceptors (Lipinski definition) is 4. The minimum atomic E-state index is -1.12. The number of rotatable bonds is 4. The van der Waals surface area contributed by atoms with Crippen LogP contribution in [0.1, 0.15) is 37.7 Å². The van der Waals surface area contributed by atoms with Gasteiger partial charge in [-0.15, -0.1) is 0 Å². The van der Waals surface area contributed by atoms with Crippen LogP contribution >= 0.6 is 23.2 Å². The molecule has 5 nitrogen and oxygen atoms in total. The first-order valence-electron chi connectivity index (χ1n) is 10.1. The van der Waals surface area contributed by atoms with E-state index in [4.69, 9.17) is 23.2 Å². The molecule has 0 unspecified atom stereocenters. The fourth-order valence-electron chi connectivity index (χ4n) is 5.25. The maximum Gasteiger partial charge on any atom is 0.251 e. The van der Waals surface area contributed by atoms with Crippen LogP contribution in [-0.2, 0) is 10.3 Å². The molecule has 29 heavy (non-hydrogen) atoms. The van der Waals surface area contributed by atoms with Crippen molar-refractivity contribution in [1.82, 2.24) is 9.88 Å². The second kappa shape index (κ2) is 7.05.